The van der Waals surface area contributed by atoms with Gasteiger partial charge in [-0.2, -0.15) is 0 Å². The first-order chi connectivity index (χ1) is 18.4. The summed E-state index contributed by atoms with van der Waals surface area (Å²) < 4.78 is 13.2. The second-order valence-electron chi connectivity index (χ2n) is 14.9. The van der Waals surface area contributed by atoms with Gasteiger partial charge in [0.25, 0.3) is 0 Å². The van der Waals surface area contributed by atoms with Crippen LogP contribution in [-0.4, -0.2) is 39.6 Å². The molecule has 1 saturated carbocycles. The van der Waals surface area contributed by atoms with E-state index < -0.39 is 16.6 Å². The number of hydrogen-bond donors (Lipinski definition) is 1. The molecule has 0 heterocycles. The third kappa shape index (κ3) is 11.4. The Balaban J connectivity index is 3.37. The van der Waals surface area contributed by atoms with Gasteiger partial charge in [0.1, 0.15) is 6.10 Å². The van der Waals surface area contributed by atoms with E-state index in [9.17, 15) is 9.59 Å². The molecule has 1 rings (SSSR count). The zero-order valence-corrected chi connectivity index (χ0v) is 29.9. The molecule has 4 nitrogen and oxygen atoms in total. The van der Waals surface area contributed by atoms with Crippen LogP contribution in [-0.2, 0) is 14.0 Å². The molecule has 0 aromatic carbocycles. The average molecular weight is 593 g/mol. The quantitative estimate of drug-likeness (QED) is 0.0744. The molecule has 6 heteroatoms. The van der Waals surface area contributed by atoms with Crippen LogP contribution in [0.3, 0.4) is 0 Å². The predicted molar refractivity (Wildman–Crippen MR) is 178 cm³/mol. The highest BCUT2D eigenvalue weighted by Crippen LogP contribution is 2.46. The van der Waals surface area contributed by atoms with E-state index in [2.05, 4.69) is 93.0 Å². The molecule has 40 heavy (non-hydrogen) atoms. The van der Waals surface area contributed by atoms with E-state index >= 15 is 0 Å². The minimum Gasteiger partial charge on any atom is -0.462 e. The van der Waals surface area contributed by atoms with Crippen molar-refractivity contribution in [1.82, 2.24) is 0 Å². The second kappa shape index (κ2) is 16.0. The van der Waals surface area contributed by atoms with Crippen molar-refractivity contribution >= 4 is 22.6 Å². The van der Waals surface area contributed by atoms with Gasteiger partial charge in [-0.1, -0.05) is 85.1 Å². The standard InChI is InChI=1S/C34H64O4Si2/c1-13-16-18-21-27(26-34(7,8)39(9,10)36)23-24-29-28(20-15-3)30(37-32(35)22-19-17-14-2)25-31(29)38-40(11,12)33(4,5)6/h14-15,23-24,27-31,36H,2-3,13,16-22,25-26H2,1,4-12H3/b24-23+/t27-,28+,29+,30-,31+/m0/s1. The Morgan fingerprint density at radius 2 is 1.68 bits per heavy atom. The number of esters is 1. The summed E-state index contributed by atoms with van der Waals surface area (Å²) in [6.45, 7) is 30.2. The van der Waals surface area contributed by atoms with E-state index in [1.54, 1.807) is 0 Å². The predicted octanol–water partition coefficient (Wildman–Crippen LogP) is 9.98. The van der Waals surface area contributed by atoms with Gasteiger partial charge in [-0.05, 0) is 74.3 Å². The zero-order valence-electron chi connectivity index (χ0n) is 27.9. The van der Waals surface area contributed by atoms with Crippen molar-refractivity contribution in [2.24, 2.45) is 17.8 Å². The van der Waals surface area contributed by atoms with Gasteiger partial charge in [0.15, 0.2) is 16.6 Å². The van der Waals surface area contributed by atoms with Gasteiger partial charge in [0.2, 0.25) is 0 Å². The Hall–Kier alpha value is -0.956. The summed E-state index contributed by atoms with van der Waals surface area (Å²) in [6.07, 6.45) is 17.8. The molecule has 1 aliphatic rings. The fourth-order valence-electron chi connectivity index (χ4n) is 5.40. The maximum atomic E-state index is 12.8. The monoisotopic (exact) mass is 592 g/mol. The van der Waals surface area contributed by atoms with Crippen molar-refractivity contribution in [3.8, 4) is 0 Å². The first kappa shape index (κ1) is 37.1. The van der Waals surface area contributed by atoms with E-state index in [-0.39, 0.29) is 40.1 Å². The molecule has 1 aliphatic carbocycles. The molecule has 1 fully saturated rings. The summed E-state index contributed by atoms with van der Waals surface area (Å²) in [5.41, 5.74) is 0. The normalized spacial score (nSPS) is 23.4. The van der Waals surface area contributed by atoms with Crippen LogP contribution in [0.15, 0.2) is 37.5 Å². The van der Waals surface area contributed by atoms with Crippen LogP contribution in [0, 0.1) is 17.8 Å². The molecule has 0 unspecified atom stereocenters. The fourth-order valence-corrected chi connectivity index (χ4v) is 7.53. The van der Waals surface area contributed by atoms with Crippen molar-refractivity contribution in [1.29, 1.82) is 0 Å². The molecule has 0 amide bonds. The van der Waals surface area contributed by atoms with Gasteiger partial charge >= 0.3 is 5.97 Å². The summed E-state index contributed by atoms with van der Waals surface area (Å²) in [7, 11) is -4.37. The van der Waals surface area contributed by atoms with Crippen LogP contribution >= 0.6 is 0 Å². The highest BCUT2D eigenvalue weighted by molar-refractivity contribution is 6.74. The summed E-state index contributed by atoms with van der Waals surface area (Å²) in [5.74, 6) is 0.596. The number of unbranched alkanes of at least 4 members (excludes halogenated alkanes) is 3. The second-order valence-corrected chi connectivity index (χ2v) is 24.1. The van der Waals surface area contributed by atoms with Crippen LogP contribution in [0.4, 0.5) is 0 Å². The third-order valence-corrected chi connectivity index (χ3v) is 17.9. The van der Waals surface area contributed by atoms with Crippen molar-refractivity contribution in [2.45, 2.75) is 154 Å². The lowest BCUT2D eigenvalue weighted by Gasteiger charge is -2.40. The van der Waals surface area contributed by atoms with Crippen LogP contribution in [0.5, 0.6) is 0 Å². The largest absolute Gasteiger partial charge is 0.462 e. The number of carbonyl (C=O) groups excluding carboxylic acids is 1. The Bertz CT molecular complexity index is 819. The molecule has 0 aromatic rings. The van der Waals surface area contributed by atoms with E-state index in [0.717, 1.165) is 38.5 Å². The number of allylic oxidation sites excluding steroid dienone is 3. The molecule has 232 valence electrons. The maximum absolute atomic E-state index is 12.8. The highest BCUT2D eigenvalue weighted by atomic mass is 28.4. The van der Waals surface area contributed by atoms with Gasteiger partial charge in [-0.3, -0.25) is 4.79 Å². The smallest absolute Gasteiger partial charge is 0.306 e. The topological polar surface area (TPSA) is 55.8 Å². The summed E-state index contributed by atoms with van der Waals surface area (Å²) in [4.78, 5) is 23.8. The lowest BCUT2D eigenvalue weighted by Crippen LogP contribution is -2.45. The fraction of sp³-hybridized carbons (Fsp3) is 0.794. The van der Waals surface area contributed by atoms with Crippen molar-refractivity contribution in [3.63, 3.8) is 0 Å². The molecule has 0 saturated heterocycles. The van der Waals surface area contributed by atoms with Gasteiger partial charge < -0.3 is 14.0 Å². The average Bonchev–Trinajstić information content (AvgIpc) is 3.11. The van der Waals surface area contributed by atoms with Crippen molar-refractivity contribution in [3.05, 3.63) is 37.5 Å². The van der Waals surface area contributed by atoms with Gasteiger partial charge in [0, 0.05) is 24.7 Å². The lowest BCUT2D eigenvalue weighted by molar-refractivity contribution is -0.151. The van der Waals surface area contributed by atoms with Crippen LogP contribution < -0.4 is 0 Å². The molecule has 0 aromatic heterocycles. The van der Waals surface area contributed by atoms with E-state index in [1.807, 2.05) is 12.2 Å². The molecule has 0 spiro atoms. The van der Waals surface area contributed by atoms with Gasteiger partial charge in [-0.15, -0.1) is 13.2 Å². The highest BCUT2D eigenvalue weighted by Gasteiger charge is 2.48. The molecule has 5 atom stereocenters. The van der Waals surface area contributed by atoms with Crippen LogP contribution in [0.1, 0.15) is 106 Å². The van der Waals surface area contributed by atoms with Crippen LogP contribution in [0.25, 0.3) is 0 Å². The maximum Gasteiger partial charge on any atom is 0.306 e. The summed E-state index contributed by atoms with van der Waals surface area (Å²) >= 11 is 0. The summed E-state index contributed by atoms with van der Waals surface area (Å²) in [5, 5.41) is 0.0175. The summed E-state index contributed by atoms with van der Waals surface area (Å²) in [6, 6.07) is 0. The first-order valence-corrected chi connectivity index (χ1v) is 21.8. The minimum atomic E-state index is -2.32. The SMILES string of the molecule is C=CCCCC(=O)O[C@H]1C[C@@H](O[Si](C)(C)C(C)(C)C)[C@H](/C=C/[C@H](CCCCC)CC(C)(C)[Si](C)(C)O)[C@H]1CC=C. The number of carbonyl (C=O) groups is 1. The minimum absolute atomic E-state index is 0.0148. The number of ether oxygens (including phenoxy) is 1. The Kier molecular flexibility index (Phi) is 14.9. The first-order valence-electron chi connectivity index (χ1n) is 15.9. The van der Waals surface area contributed by atoms with Crippen LogP contribution in [0.2, 0.25) is 36.3 Å². The molecular weight excluding hydrogens is 529 g/mol. The Labute approximate surface area is 250 Å². The van der Waals surface area contributed by atoms with Gasteiger partial charge in [0.05, 0.1) is 6.10 Å². The number of hydrogen-bond acceptors (Lipinski definition) is 4. The van der Waals surface area contributed by atoms with Crippen molar-refractivity contribution in [2.75, 3.05) is 0 Å². The number of rotatable bonds is 18. The van der Waals surface area contributed by atoms with Gasteiger partial charge in [-0.25, -0.2) is 0 Å². The lowest BCUT2D eigenvalue weighted by atomic mass is 9.86. The van der Waals surface area contributed by atoms with Crippen molar-refractivity contribution < 1.29 is 18.8 Å². The molecule has 1 N–H and O–H groups in total. The Morgan fingerprint density at radius 3 is 2.20 bits per heavy atom. The van der Waals surface area contributed by atoms with E-state index in [0.29, 0.717) is 12.3 Å². The van der Waals surface area contributed by atoms with E-state index in [1.165, 1.54) is 19.3 Å². The molecule has 0 radical (unpaired) electrons. The molecule has 0 aliphatic heterocycles. The zero-order chi connectivity index (χ0) is 30.8. The molecular formula is C34H64O4Si2. The van der Waals surface area contributed by atoms with E-state index in [4.69, 9.17) is 9.16 Å². The molecule has 0 bridgehead atoms. The third-order valence-electron chi connectivity index (χ3n) is 9.84. The Morgan fingerprint density at radius 1 is 1.02 bits per heavy atom.